The highest BCUT2D eigenvalue weighted by molar-refractivity contribution is 6.30. The Labute approximate surface area is 137 Å². The molecule has 1 aliphatic carbocycles. The molecule has 0 spiro atoms. The van der Waals surface area contributed by atoms with Gasteiger partial charge in [-0.1, -0.05) is 30.5 Å². The van der Waals surface area contributed by atoms with E-state index in [1.807, 2.05) is 14.1 Å². The predicted octanol–water partition coefficient (Wildman–Crippen LogP) is 3.93. The summed E-state index contributed by atoms with van der Waals surface area (Å²) in [4.78, 5) is 2.10. The lowest BCUT2D eigenvalue weighted by molar-refractivity contribution is -0.0558. The van der Waals surface area contributed by atoms with Gasteiger partial charge in [0.2, 0.25) is 0 Å². The molecule has 5 heteroatoms. The molecule has 120 valence electrons. The Morgan fingerprint density at radius 2 is 2.10 bits per heavy atom. The number of aliphatic hydroxyl groups is 1. The van der Waals surface area contributed by atoms with Gasteiger partial charge in [-0.15, -0.1) is 12.4 Å². The molecule has 0 bridgehead atoms. The number of nitrogens with zero attached hydrogens (tertiary/aromatic N) is 1. The fourth-order valence-corrected chi connectivity index (χ4v) is 3.38. The minimum atomic E-state index is -0.808. The molecule has 2 nitrogen and oxygen atoms in total. The first-order chi connectivity index (χ1) is 9.40. The van der Waals surface area contributed by atoms with E-state index in [0.29, 0.717) is 17.0 Å². The van der Waals surface area contributed by atoms with Crippen LogP contribution in [0.2, 0.25) is 5.02 Å². The molecule has 2 unspecified atom stereocenters. The van der Waals surface area contributed by atoms with Crippen LogP contribution in [0.1, 0.15) is 31.2 Å². The first-order valence-corrected chi connectivity index (χ1v) is 7.59. The van der Waals surface area contributed by atoms with Crippen molar-refractivity contribution < 1.29 is 9.50 Å². The van der Waals surface area contributed by atoms with Gasteiger partial charge in [0.1, 0.15) is 5.82 Å². The molecule has 0 amide bonds. The number of rotatable bonds is 4. The molecule has 1 aromatic carbocycles. The third-order valence-corrected chi connectivity index (χ3v) is 4.50. The zero-order valence-electron chi connectivity index (χ0n) is 12.6. The molecule has 0 radical (unpaired) electrons. The number of halogens is 3. The Morgan fingerprint density at radius 1 is 1.38 bits per heavy atom. The summed E-state index contributed by atoms with van der Waals surface area (Å²) in [6.45, 7) is 0.839. The molecule has 21 heavy (non-hydrogen) atoms. The van der Waals surface area contributed by atoms with Crippen LogP contribution in [0.5, 0.6) is 0 Å². The van der Waals surface area contributed by atoms with Crippen molar-refractivity contribution in [1.29, 1.82) is 0 Å². The Balaban J connectivity index is 0.00000220. The maximum absolute atomic E-state index is 14.0. The predicted molar refractivity (Wildman–Crippen MR) is 87.8 cm³/mol. The molecule has 0 aliphatic heterocycles. The van der Waals surface area contributed by atoms with Crippen molar-refractivity contribution in [3.05, 3.63) is 34.6 Å². The molecule has 1 N–H and O–H groups in total. The quantitative estimate of drug-likeness (QED) is 0.901. The smallest absolute Gasteiger partial charge is 0.127 e. The summed E-state index contributed by atoms with van der Waals surface area (Å²) in [5.41, 5.74) is -0.250. The zero-order chi connectivity index (χ0) is 14.8. The fraction of sp³-hybridized carbons (Fsp3) is 0.625. The lowest BCUT2D eigenvalue weighted by Crippen LogP contribution is -2.47. The van der Waals surface area contributed by atoms with E-state index in [1.165, 1.54) is 6.07 Å². The molecule has 1 aromatic rings. The summed E-state index contributed by atoms with van der Waals surface area (Å²) >= 11 is 5.78. The van der Waals surface area contributed by atoms with Gasteiger partial charge in [-0.25, -0.2) is 4.39 Å². The van der Waals surface area contributed by atoms with Crippen LogP contribution in [0.3, 0.4) is 0 Å². The molecule has 2 atom stereocenters. The summed E-state index contributed by atoms with van der Waals surface area (Å²) in [7, 11) is 4.02. The molecule has 1 saturated carbocycles. The summed E-state index contributed by atoms with van der Waals surface area (Å²) in [5.74, 6) is -0.124. The van der Waals surface area contributed by atoms with E-state index in [9.17, 15) is 9.50 Å². The van der Waals surface area contributed by atoms with E-state index in [2.05, 4.69) is 4.90 Å². The van der Waals surface area contributed by atoms with E-state index in [-0.39, 0.29) is 24.1 Å². The maximum Gasteiger partial charge on any atom is 0.127 e. The molecular formula is C16H24Cl2FNO. The summed E-state index contributed by atoms with van der Waals surface area (Å²) in [6, 6.07) is 4.70. The van der Waals surface area contributed by atoms with Crippen molar-refractivity contribution in [2.45, 2.75) is 37.7 Å². The van der Waals surface area contributed by atoms with Crippen LogP contribution in [0, 0.1) is 11.7 Å². The van der Waals surface area contributed by atoms with Crippen molar-refractivity contribution in [3.63, 3.8) is 0 Å². The normalized spacial score (nSPS) is 25.7. The van der Waals surface area contributed by atoms with Gasteiger partial charge in [-0.3, -0.25) is 0 Å². The van der Waals surface area contributed by atoms with Gasteiger partial charge < -0.3 is 10.0 Å². The van der Waals surface area contributed by atoms with E-state index in [1.54, 1.807) is 12.1 Å². The second-order valence-corrected chi connectivity index (χ2v) is 6.66. The standard InChI is InChI=1S/C16H23ClFNO.ClH/c1-19(2)11-13-5-3-4-8-16(13,20)10-12-6-7-14(17)9-15(12)18;/h6-7,9,13,20H,3-5,8,10-11H2,1-2H3;1H. The van der Waals surface area contributed by atoms with Crippen LogP contribution in [0.25, 0.3) is 0 Å². The lowest BCUT2D eigenvalue weighted by atomic mass is 9.72. The first kappa shape index (κ1) is 18.7. The van der Waals surface area contributed by atoms with Gasteiger partial charge in [-0.05, 0) is 44.6 Å². The topological polar surface area (TPSA) is 23.5 Å². The molecule has 2 rings (SSSR count). The van der Waals surface area contributed by atoms with E-state index >= 15 is 0 Å². The van der Waals surface area contributed by atoms with Crippen LogP contribution in [0.15, 0.2) is 18.2 Å². The first-order valence-electron chi connectivity index (χ1n) is 7.22. The van der Waals surface area contributed by atoms with Gasteiger partial charge in [0.25, 0.3) is 0 Å². The molecule has 0 saturated heterocycles. The molecular weight excluding hydrogens is 312 g/mol. The van der Waals surface area contributed by atoms with Gasteiger partial charge >= 0.3 is 0 Å². The minimum Gasteiger partial charge on any atom is -0.389 e. The van der Waals surface area contributed by atoms with Gasteiger partial charge in [0.05, 0.1) is 5.60 Å². The minimum absolute atomic E-state index is 0. The Hall–Kier alpha value is -0.350. The van der Waals surface area contributed by atoms with Crippen LogP contribution in [-0.4, -0.2) is 36.2 Å². The fourth-order valence-electron chi connectivity index (χ4n) is 3.22. The average molecular weight is 336 g/mol. The zero-order valence-corrected chi connectivity index (χ0v) is 14.2. The van der Waals surface area contributed by atoms with E-state index in [0.717, 1.165) is 32.2 Å². The van der Waals surface area contributed by atoms with E-state index in [4.69, 9.17) is 11.6 Å². The summed E-state index contributed by atoms with van der Waals surface area (Å²) in [5, 5.41) is 11.4. The van der Waals surface area contributed by atoms with Crippen LogP contribution < -0.4 is 0 Å². The highest BCUT2D eigenvalue weighted by Gasteiger charge is 2.39. The summed E-state index contributed by atoms with van der Waals surface area (Å²) < 4.78 is 14.0. The lowest BCUT2D eigenvalue weighted by Gasteiger charge is -2.41. The van der Waals surface area contributed by atoms with Crippen molar-refractivity contribution in [1.82, 2.24) is 4.90 Å². The van der Waals surface area contributed by atoms with Gasteiger partial charge in [0, 0.05) is 23.9 Å². The Bertz CT molecular complexity index is 470. The number of hydrogen-bond donors (Lipinski definition) is 1. The van der Waals surface area contributed by atoms with Gasteiger partial charge in [-0.2, -0.15) is 0 Å². The maximum atomic E-state index is 14.0. The van der Waals surface area contributed by atoms with Crippen LogP contribution in [-0.2, 0) is 6.42 Å². The Morgan fingerprint density at radius 3 is 2.71 bits per heavy atom. The second kappa shape index (κ2) is 7.77. The summed E-state index contributed by atoms with van der Waals surface area (Å²) in [6.07, 6.45) is 4.27. The molecule has 1 fully saturated rings. The molecule has 1 aliphatic rings. The third kappa shape index (κ3) is 4.82. The number of benzene rings is 1. The van der Waals surface area contributed by atoms with Crippen LogP contribution in [0.4, 0.5) is 4.39 Å². The van der Waals surface area contributed by atoms with Crippen molar-refractivity contribution in [2.24, 2.45) is 5.92 Å². The number of hydrogen-bond acceptors (Lipinski definition) is 2. The molecule has 0 aromatic heterocycles. The Kier molecular flexibility index (Phi) is 6.92. The monoisotopic (exact) mass is 335 g/mol. The second-order valence-electron chi connectivity index (χ2n) is 6.22. The van der Waals surface area contributed by atoms with E-state index < -0.39 is 5.60 Å². The third-order valence-electron chi connectivity index (χ3n) is 4.27. The highest BCUT2D eigenvalue weighted by Crippen LogP contribution is 2.37. The average Bonchev–Trinajstić information content (AvgIpc) is 2.35. The van der Waals surface area contributed by atoms with Crippen molar-refractivity contribution in [3.8, 4) is 0 Å². The SMILES string of the molecule is CN(C)CC1CCCCC1(O)Cc1ccc(Cl)cc1F.Cl. The van der Waals surface area contributed by atoms with Crippen LogP contribution >= 0.6 is 24.0 Å². The van der Waals surface area contributed by atoms with Gasteiger partial charge in [0.15, 0.2) is 0 Å². The van der Waals surface area contributed by atoms with Crippen molar-refractivity contribution in [2.75, 3.05) is 20.6 Å². The largest absolute Gasteiger partial charge is 0.389 e. The molecule has 0 heterocycles. The highest BCUT2D eigenvalue weighted by atomic mass is 35.5. The van der Waals surface area contributed by atoms with Crippen molar-refractivity contribution >= 4 is 24.0 Å².